The Kier molecular flexibility index (Phi) is 6.53. The lowest BCUT2D eigenvalue weighted by molar-refractivity contribution is 0.124. The van der Waals surface area contributed by atoms with Gasteiger partial charge in [0.1, 0.15) is 10.7 Å². The van der Waals surface area contributed by atoms with Crippen molar-refractivity contribution >= 4 is 15.8 Å². The van der Waals surface area contributed by atoms with Gasteiger partial charge >= 0.3 is 0 Å². The lowest BCUT2D eigenvalue weighted by Crippen LogP contribution is -2.48. The fraction of sp³-hybridized carbons (Fsp3) is 0.762. The number of pyridine rings is 1. The third-order valence-corrected chi connectivity index (χ3v) is 8.52. The van der Waals surface area contributed by atoms with Crippen molar-refractivity contribution in [1.29, 1.82) is 0 Å². The molecule has 0 bridgehead atoms. The molecule has 1 aliphatic carbocycles. The van der Waals surface area contributed by atoms with Crippen molar-refractivity contribution in [3.05, 3.63) is 18.3 Å². The third-order valence-electron chi connectivity index (χ3n) is 6.59. The second-order valence-electron chi connectivity index (χ2n) is 8.59. The third kappa shape index (κ3) is 4.52. The second kappa shape index (κ2) is 9.09. The van der Waals surface area contributed by atoms with Gasteiger partial charge in [-0.3, -0.25) is 4.90 Å². The maximum atomic E-state index is 13.2. The molecular formula is C21H34N4O2S. The summed E-state index contributed by atoms with van der Waals surface area (Å²) in [5.41, 5.74) is 0. The fourth-order valence-corrected chi connectivity index (χ4v) is 6.67. The number of rotatable bonds is 5. The van der Waals surface area contributed by atoms with E-state index in [9.17, 15) is 8.42 Å². The van der Waals surface area contributed by atoms with E-state index in [-0.39, 0.29) is 6.04 Å². The van der Waals surface area contributed by atoms with Crippen LogP contribution in [-0.2, 0) is 10.0 Å². The second-order valence-corrected chi connectivity index (χ2v) is 10.5. The summed E-state index contributed by atoms with van der Waals surface area (Å²) in [4.78, 5) is 7.40. The van der Waals surface area contributed by atoms with Gasteiger partial charge < -0.3 is 5.32 Å². The number of aromatic nitrogens is 1. The summed E-state index contributed by atoms with van der Waals surface area (Å²) in [5.74, 6) is 0.531. The van der Waals surface area contributed by atoms with Gasteiger partial charge in [-0.1, -0.05) is 25.7 Å². The Balaban J connectivity index is 1.47. The number of likely N-dealkylation sites (tertiary alicyclic amines) is 1. The van der Waals surface area contributed by atoms with Crippen molar-refractivity contribution in [1.82, 2.24) is 14.2 Å². The van der Waals surface area contributed by atoms with E-state index in [2.05, 4.69) is 15.2 Å². The summed E-state index contributed by atoms with van der Waals surface area (Å²) < 4.78 is 28.0. The predicted molar refractivity (Wildman–Crippen MR) is 112 cm³/mol. The first kappa shape index (κ1) is 20.1. The minimum absolute atomic E-state index is 0.265. The van der Waals surface area contributed by atoms with Crippen LogP contribution in [0.25, 0.3) is 0 Å². The average Bonchev–Trinajstić information content (AvgIpc) is 2.75. The Morgan fingerprint density at radius 3 is 2.46 bits per heavy atom. The van der Waals surface area contributed by atoms with E-state index in [1.165, 1.54) is 38.6 Å². The molecule has 1 aromatic heterocycles. The van der Waals surface area contributed by atoms with E-state index in [4.69, 9.17) is 0 Å². The topological polar surface area (TPSA) is 65.5 Å². The molecule has 28 heavy (non-hydrogen) atoms. The van der Waals surface area contributed by atoms with Crippen LogP contribution in [0.4, 0.5) is 5.82 Å². The summed E-state index contributed by atoms with van der Waals surface area (Å²) in [6.45, 7) is 3.40. The van der Waals surface area contributed by atoms with E-state index in [0.29, 0.717) is 29.8 Å². The predicted octanol–water partition coefficient (Wildman–Crippen LogP) is 3.47. The highest BCUT2D eigenvalue weighted by molar-refractivity contribution is 7.89. The number of anilines is 1. The number of nitrogens with zero attached hydrogens (tertiary/aromatic N) is 3. The van der Waals surface area contributed by atoms with Gasteiger partial charge in [-0.05, 0) is 57.2 Å². The Labute approximate surface area is 169 Å². The van der Waals surface area contributed by atoms with E-state index in [1.807, 2.05) is 0 Å². The zero-order valence-electron chi connectivity index (χ0n) is 16.9. The minimum atomic E-state index is -3.48. The number of piperidine rings is 2. The maximum Gasteiger partial charge on any atom is 0.246 e. The van der Waals surface area contributed by atoms with Crippen LogP contribution in [0.5, 0.6) is 0 Å². The first-order valence-electron chi connectivity index (χ1n) is 11.1. The summed E-state index contributed by atoms with van der Waals surface area (Å²) in [6.07, 6.45) is 13.6. The van der Waals surface area contributed by atoms with Crippen LogP contribution in [0, 0.1) is 0 Å². The molecule has 4 rings (SSSR count). The average molecular weight is 407 g/mol. The quantitative estimate of drug-likeness (QED) is 0.811. The molecule has 1 atom stereocenters. The summed E-state index contributed by atoms with van der Waals surface area (Å²) in [5, 5.41) is 3.51. The molecule has 3 fully saturated rings. The van der Waals surface area contributed by atoms with Gasteiger partial charge in [-0.25, -0.2) is 13.4 Å². The van der Waals surface area contributed by atoms with Crippen LogP contribution in [0.3, 0.4) is 0 Å². The van der Waals surface area contributed by atoms with E-state index >= 15 is 0 Å². The van der Waals surface area contributed by atoms with Gasteiger partial charge in [0.15, 0.2) is 0 Å². The van der Waals surface area contributed by atoms with Crippen molar-refractivity contribution in [3.8, 4) is 0 Å². The van der Waals surface area contributed by atoms with E-state index < -0.39 is 10.0 Å². The molecule has 3 aliphatic rings. The van der Waals surface area contributed by atoms with Gasteiger partial charge in [0.05, 0.1) is 0 Å². The summed E-state index contributed by atoms with van der Waals surface area (Å²) in [6, 6.07) is 4.41. The SMILES string of the molecule is O=S(=O)(c1cccnc1NC1CCCN(C2CCCCC2)C1)N1CCCCC1. The molecule has 6 nitrogen and oxygen atoms in total. The normalized spacial score (nSPS) is 26.2. The summed E-state index contributed by atoms with van der Waals surface area (Å²) >= 11 is 0. The lowest BCUT2D eigenvalue weighted by Gasteiger charge is -2.40. The standard InChI is InChI=1S/C21H34N4O2S/c26-28(27,25-15-5-2-6-16-25)20-12-7-13-22-21(20)23-18-9-8-14-24(17-18)19-10-3-1-4-11-19/h7,12-13,18-19H,1-6,8-11,14-17H2,(H,22,23). The highest BCUT2D eigenvalue weighted by Crippen LogP contribution is 2.29. The number of hydrogen-bond donors (Lipinski definition) is 1. The first-order valence-corrected chi connectivity index (χ1v) is 12.5. The molecule has 0 radical (unpaired) electrons. The molecule has 2 saturated heterocycles. The van der Waals surface area contributed by atoms with Crippen molar-refractivity contribution in [2.24, 2.45) is 0 Å². The van der Waals surface area contributed by atoms with Crippen molar-refractivity contribution in [2.75, 3.05) is 31.5 Å². The molecule has 7 heteroatoms. The maximum absolute atomic E-state index is 13.2. The van der Waals surface area contributed by atoms with Crippen LogP contribution in [0.2, 0.25) is 0 Å². The molecule has 1 unspecified atom stereocenters. The molecule has 1 saturated carbocycles. The number of hydrogen-bond acceptors (Lipinski definition) is 5. The molecule has 3 heterocycles. The molecular weight excluding hydrogens is 372 g/mol. The Morgan fingerprint density at radius 2 is 1.68 bits per heavy atom. The van der Waals surface area contributed by atoms with Gasteiger partial charge in [-0.2, -0.15) is 4.31 Å². The van der Waals surface area contributed by atoms with Crippen LogP contribution >= 0.6 is 0 Å². The summed E-state index contributed by atoms with van der Waals surface area (Å²) in [7, 11) is -3.48. The van der Waals surface area contributed by atoms with Crippen molar-refractivity contribution < 1.29 is 8.42 Å². The van der Waals surface area contributed by atoms with Crippen LogP contribution in [0.1, 0.15) is 64.2 Å². The Bertz CT molecular complexity index is 743. The first-order chi connectivity index (χ1) is 13.6. The van der Waals surface area contributed by atoms with Gasteiger partial charge in [-0.15, -0.1) is 0 Å². The molecule has 1 aromatic rings. The van der Waals surface area contributed by atoms with Crippen LogP contribution in [-0.4, -0.2) is 60.9 Å². The molecule has 0 spiro atoms. The zero-order valence-corrected chi connectivity index (χ0v) is 17.7. The Morgan fingerprint density at radius 1 is 0.929 bits per heavy atom. The van der Waals surface area contributed by atoms with Gasteiger partial charge in [0.2, 0.25) is 10.0 Å². The fourth-order valence-electron chi connectivity index (χ4n) is 5.05. The Hall–Kier alpha value is -1.18. The van der Waals surface area contributed by atoms with Crippen molar-refractivity contribution in [3.63, 3.8) is 0 Å². The minimum Gasteiger partial charge on any atom is -0.365 e. The monoisotopic (exact) mass is 406 g/mol. The highest BCUT2D eigenvalue weighted by Gasteiger charge is 2.31. The number of sulfonamides is 1. The number of nitrogens with one attached hydrogen (secondary N) is 1. The lowest BCUT2D eigenvalue weighted by atomic mass is 9.92. The van der Waals surface area contributed by atoms with Crippen LogP contribution < -0.4 is 5.32 Å². The van der Waals surface area contributed by atoms with E-state index in [0.717, 1.165) is 38.6 Å². The largest absolute Gasteiger partial charge is 0.365 e. The van der Waals surface area contributed by atoms with E-state index in [1.54, 1.807) is 22.6 Å². The molecule has 0 amide bonds. The molecule has 2 aliphatic heterocycles. The molecule has 1 N–H and O–H groups in total. The van der Waals surface area contributed by atoms with Crippen molar-refractivity contribution in [2.45, 2.75) is 81.2 Å². The molecule has 0 aromatic carbocycles. The molecule has 156 valence electrons. The van der Waals surface area contributed by atoms with Crippen LogP contribution in [0.15, 0.2) is 23.2 Å². The van der Waals surface area contributed by atoms with Gasteiger partial charge in [0.25, 0.3) is 0 Å². The smallest absolute Gasteiger partial charge is 0.246 e. The van der Waals surface area contributed by atoms with Gasteiger partial charge in [0, 0.05) is 37.9 Å². The zero-order chi connectivity index (χ0) is 19.4. The highest BCUT2D eigenvalue weighted by atomic mass is 32.2.